The summed E-state index contributed by atoms with van der Waals surface area (Å²) >= 11 is 5.60. The highest BCUT2D eigenvalue weighted by Crippen LogP contribution is 2.20. The third kappa shape index (κ3) is 5.30. The molecule has 6 nitrogen and oxygen atoms in total. The fourth-order valence-electron chi connectivity index (χ4n) is 1.64. The van der Waals surface area contributed by atoms with Crippen LogP contribution in [-0.2, 0) is 4.79 Å². The lowest BCUT2D eigenvalue weighted by Gasteiger charge is -2.08. The van der Waals surface area contributed by atoms with Gasteiger partial charge in [-0.05, 0) is 24.3 Å². The molecule has 0 saturated carbocycles. The monoisotopic (exact) mass is 340 g/mol. The van der Waals surface area contributed by atoms with Gasteiger partial charge < -0.3 is 19.8 Å². The summed E-state index contributed by atoms with van der Waals surface area (Å²) in [6, 6.07) is 6.96. The van der Waals surface area contributed by atoms with Crippen molar-refractivity contribution in [3.63, 3.8) is 0 Å². The summed E-state index contributed by atoms with van der Waals surface area (Å²) in [5.41, 5.74) is 0. The Labute approximate surface area is 136 Å². The molecular formula is C15H14ClFN2O4. The minimum Gasteiger partial charge on any atom is -0.484 e. The molecule has 0 spiro atoms. The summed E-state index contributed by atoms with van der Waals surface area (Å²) in [5.74, 6) is -0.805. The van der Waals surface area contributed by atoms with Crippen molar-refractivity contribution < 1.29 is 23.1 Å². The van der Waals surface area contributed by atoms with Crippen LogP contribution in [0.2, 0.25) is 5.02 Å². The van der Waals surface area contributed by atoms with Gasteiger partial charge in [0.2, 0.25) is 0 Å². The lowest BCUT2D eigenvalue weighted by Crippen LogP contribution is -2.36. The summed E-state index contributed by atoms with van der Waals surface area (Å²) in [5, 5.41) is 5.06. The second-order valence-electron chi connectivity index (χ2n) is 4.45. The minimum atomic E-state index is -0.559. The molecule has 23 heavy (non-hydrogen) atoms. The summed E-state index contributed by atoms with van der Waals surface area (Å²) in [6.45, 7) is 0.237. The summed E-state index contributed by atoms with van der Waals surface area (Å²) in [7, 11) is 0. The Kier molecular flexibility index (Phi) is 5.99. The molecule has 1 aromatic carbocycles. The molecule has 2 amide bonds. The maximum absolute atomic E-state index is 13.0. The highest BCUT2D eigenvalue weighted by atomic mass is 35.5. The van der Waals surface area contributed by atoms with E-state index in [9.17, 15) is 14.0 Å². The zero-order valence-electron chi connectivity index (χ0n) is 12.0. The number of halogens is 2. The number of benzene rings is 1. The third-order valence-corrected chi connectivity index (χ3v) is 3.03. The average Bonchev–Trinajstić information content (AvgIpc) is 3.07. The first-order valence-corrected chi connectivity index (χ1v) is 7.10. The van der Waals surface area contributed by atoms with Crippen LogP contribution in [0.3, 0.4) is 0 Å². The van der Waals surface area contributed by atoms with Gasteiger partial charge in [0.25, 0.3) is 11.8 Å². The topological polar surface area (TPSA) is 80.6 Å². The van der Waals surface area contributed by atoms with E-state index in [1.165, 1.54) is 24.5 Å². The second kappa shape index (κ2) is 8.19. The van der Waals surface area contributed by atoms with E-state index in [0.717, 1.165) is 6.07 Å². The number of nitrogens with one attached hydrogen (secondary N) is 2. The van der Waals surface area contributed by atoms with E-state index in [1.807, 2.05) is 0 Å². The first kappa shape index (κ1) is 16.8. The normalized spacial score (nSPS) is 10.2. The van der Waals surface area contributed by atoms with Crippen molar-refractivity contribution in [2.75, 3.05) is 19.7 Å². The molecule has 0 aliphatic rings. The van der Waals surface area contributed by atoms with Gasteiger partial charge in [0.15, 0.2) is 12.4 Å². The molecule has 0 radical (unpaired) electrons. The molecule has 0 saturated heterocycles. The van der Waals surface area contributed by atoms with Crippen molar-refractivity contribution in [2.45, 2.75) is 0 Å². The predicted molar refractivity (Wildman–Crippen MR) is 81.0 cm³/mol. The number of carbonyl (C=O) groups excluding carboxylic acids is 2. The quantitative estimate of drug-likeness (QED) is 0.755. The molecule has 0 aliphatic heterocycles. The van der Waals surface area contributed by atoms with Gasteiger partial charge in [0, 0.05) is 19.2 Å². The van der Waals surface area contributed by atoms with Crippen LogP contribution >= 0.6 is 11.6 Å². The average molecular weight is 341 g/mol. The van der Waals surface area contributed by atoms with E-state index in [1.54, 1.807) is 6.07 Å². The van der Waals surface area contributed by atoms with Crippen LogP contribution in [-0.4, -0.2) is 31.5 Å². The van der Waals surface area contributed by atoms with Crippen molar-refractivity contribution in [3.8, 4) is 5.75 Å². The number of hydrogen-bond acceptors (Lipinski definition) is 4. The van der Waals surface area contributed by atoms with E-state index < -0.39 is 5.82 Å². The lowest BCUT2D eigenvalue weighted by molar-refractivity contribution is -0.123. The van der Waals surface area contributed by atoms with E-state index in [-0.39, 0.29) is 48.0 Å². The Hall–Kier alpha value is -2.54. The van der Waals surface area contributed by atoms with E-state index >= 15 is 0 Å². The number of hydrogen-bond donors (Lipinski definition) is 2. The van der Waals surface area contributed by atoms with Gasteiger partial charge in [0.05, 0.1) is 11.3 Å². The van der Waals surface area contributed by atoms with Gasteiger partial charge in [0.1, 0.15) is 11.6 Å². The number of carbonyl (C=O) groups is 2. The second-order valence-corrected chi connectivity index (χ2v) is 4.85. The van der Waals surface area contributed by atoms with Gasteiger partial charge in [-0.15, -0.1) is 0 Å². The van der Waals surface area contributed by atoms with Crippen molar-refractivity contribution >= 4 is 23.4 Å². The number of ether oxygens (including phenoxy) is 1. The fourth-order valence-corrected chi connectivity index (χ4v) is 1.81. The van der Waals surface area contributed by atoms with E-state index in [2.05, 4.69) is 10.6 Å². The summed E-state index contributed by atoms with van der Waals surface area (Å²) < 4.78 is 23.1. The van der Waals surface area contributed by atoms with Crippen LogP contribution in [0.25, 0.3) is 0 Å². The first-order chi connectivity index (χ1) is 11.1. The number of rotatable bonds is 7. The molecule has 8 heteroatoms. The molecule has 2 aromatic rings. The molecule has 0 fully saturated rings. The molecule has 2 rings (SSSR count). The molecule has 1 heterocycles. The van der Waals surface area contributed by atoms with Crippen molar-refractivity contribution in [3.05, 3.63) is 53.2 Å². The van der Waals surface area contributed by atoms with Crippen LogP contribution in [0.4, 0.5) is 4.39 Å². The van der Waals surface area contributed by atoms with Gasteiger partial charge in [-0.2, -0.15) is 0 Å². The Morgan fingerprint density at radius 2 is 2.00 bits per heavy atom. The van der Waals surface area contributed by atoms with Gasteiger partial charge >= 0.3 is 0 Å². The molecule has 0 unspecified atom stereocenters. The third-order valence-electron chi connectivity index (χ3n) is 2.74. The van der Waals surface area contributed by atoms with Crippen LogP contribution in [0, 0.1) is 5.82 Å². The van der Waals surface area contributed by atoms with Crippen LogP contribution < -0.4 is 15.4 Å². The Balaban J connectivity index is 1.63. The lowest BCUT2D eigenvalue weighted by atomic mass is 10.3. The maximum atomic E-state index is 13.0. The number of amides is 2. The van der Waals surface area contributed by atoms with Gasteiger partial charge in [-0.3, -0.25) is 9.59 Å². The van der Waals surface area contributed by atoms with Gasteiger partial charge in [-0.1, -0.05) is 11.6 Å². The summed E-state index contributed by atoms with van der Waals surface area (Å²) in [4.78, 5) is 23.1. The minimum absolute atomic E-state index is 0.0800. The molecule has 2 N–H and O–H groups in total. The van der Waals surface area contributed by atoms with Gasteiger partial charge in [-0.25, -0.2) is 4.39 Å². The standard InChI is InChI=1S/C15H14ClFN2O4/c16-11-8-10(3-4-12(11)17)23-9-14(20)18-5-6-19-15(21)13-2-1-7-22-13/h1-4,7-8H,5-6,9H2,(H,18,20)(H,19,21). The zero-order chi connectivity index (χ0) is 16.7. The number of furan rings is 1. The van der Waals surface area contributed by atoms with Crippen molar-refractivity contribution in [1.82, 2.24) is 10.6 Å². The largest absolute Gasteiger partial charge is 0.484 e. The van der Waals surface area contributed by atoms with Crippen molar-refractivity contribution in [2.24, 2.45) is 0 Å². The van der Waals surface area contributed by atoms with Crippen LogP contribution in [0.1, 0.15) is 10.6 Å². The molecular weight excluding hydrogens is 327 g/mol. The predicted octanol–water partition coefficient (Wildman–Crippen LogP) is 2.00. The summed E-state index contributed by atoms with van der Waals surface area (Å²) in [6.07, 6.45) is 1.40. The van der Waals surface area contributed by atoms with Crippen LogP contribution in [0.5, 0.6) is 5.75 Å². The van der Waals surface area contributed by atoms with Crippen molar-refractivity contribution in [1.29, 1.82) is 0 Å². The molecule has 0 aliphatic carbocycles. The smallest absolute Gasteiger partial charge is 0.287 e. The zero-order valence-corrected chi connectivity index (χ0v) is 12.7. The van der Waals surface area contributed by atoms with E-state index in [0.29, 0.717) is 0 Å². The highest BCUT2D eigenvalue weighted by molar-refractivity contribution is 6.30. The fraction of sp³-hybridized carbons (Fsp3) is 0.200. The molecule has 0 bridgehead atoms. The molecule has 0 atom stereocenters. The Bertz CT molecular complexity index is 676. The Morgan fingerprint density at radius 1 is 1.22 bits per heavy atom. The van der Waals surface area contributed by atoms with Crippen LogP contribution in [0.15, 0.2) is 41.0 Å². The Morgan fingerprint density at radius 3 is 2.70 bits per heavy atom. The highest BCUT2D eigenvalue weighted by Gasteiger charge is 2.08. The maximum Gasteiger partial charge on any atom is 0.287 e. The SMILES string of the molecule is O=C(COc1ccc(F)c(Cl)c1)NCCNC(=O)c1ccco1. The molecule has 122 valence electrons. The molecule has 1 aromatic heterocycles. The van der Waals surface area contributed by atoms with E-state index in [4.69, 9.17) is 20.8 Å². The first-order valence-electron chi connectivity index (χ1n) is 6.72.